The summed E-state index contributed by atoms with van der Waals surface area (Å²) in [7, 11) is 0. The Morgan fingerprint density at radius 2 is 1.86 bits per heavy atom. The molecule has 1 aliphatic heterocycles. The smallest absolute Gasteiger partial charge is 0.226 e. The van der Waals surface area contributed by atoms with E-state index in [1.54, 1.807) is 13.0 Å². The van der Waals surface area contributed by atoms with Crippen LogP contribution in [0.5, 0.6) is 5.88 Å². The van der Waals surface area contributed by atoms with Crippen LogP contribution in [-0.2, 0) is 14.2 Å². The molecule has 1 fully saturated rings. The Kier molecular flexibility index (Phi) is 9.78. The number of hydrogen-bond acceptors (Lipinski definition) is 11. The van der Waals surface area contributed by atoms with Crippen molar-refractivity contribution in [2.75, 3.05) is 58.1 Å². The van der Waals surface area contributed by atoms with Crippen LogP contribution >= 0.6 is 0 Å². The van der Waals surface area contributed by atoms with E-state index in [9.17, 15) is 10.2 Å². The van der Waals surface area contributed by atoms with Gasteiger partial charge in [-0.2, -0.15) is 4.98 Å². The highest BCUT2D eigenvalue weighted by molar-refractivity contribution is 5.32. The molecule has 0 saturated carbocycles. The second kappa shape index (κ2) is 12.1. The molecule has 0 unspecified atom stereocenters. The maximum absolute atomic E-state index is 10.2. The highest BCUT2D eigenvalue weighted by Crippen LogP contribution is 2.19. The summed E-state index contributed by atoms with van der Waals surface area (Å²) in [6.45, 7) is 4.12. The predicted molar refractivity (Wildman–Crippen MR) is 99.2 cm³/mol. The molecule has 1 aromatic heterocycles. The normalized spacial score (nSPS) is 24.9. The third kappa shape index (κ3) is 7.09. The van der Waals surface area contributed by atoms with Gasteiger partial charge in [-0.1, -0.05) is 0 Å². The number of ether oxygens (including phenoxy) is 4. The number of aliphatic hydroxyl groups is 3. The number of rotatable bonds is 12. The lowest BCUT2D eigenvalue weighted by molar-refractivity contribution is -0.152. The highest BCUT2D eigenvalue weighted by Gasteiger charge is 2.38. The van der Waals surface area contributed by atoms with Crippen LogP contribution in [-0.4, -0.2) is 102 Å². The van der Waals surface area contributed by atoms with Crippen LogP contribution in [0.2, 0.25) is 0 Å². The molecule has 11 heteroatoms. The molecule has 1 aliphatic rings. The molecule has 0 aromatic carbocycles. The third-order valence-corrected chi connectivity index (χ3v) is 4.07. The Morgan fingerprint density at radius 1 is 1.14 bits per heavy atom. The number of aliphatic hydroxyl groups excluding tert-OH is 3. The summed E-state index contributed by atoms with van der Waals surface area (Å²) in [4.78, 5) is 8.50. The Morgan fingerprint density at radius 3 is 2.57 bits per heavy atom. The van der Waals surface area contributed by atoms with Crippen molar-refractivity contribution in [2.45, 2.75) is 31.3 Å². The van der Waals surface area contributed by atoms with E-state index in [-0.39, 0.29) is 19.2 Å². The molecule has 0 amide bonds. The molecule has 6 N–H and O–H groups in total. The van der Waals surface area contributed by atoms with E-state index in [1.807, 2.05) is 0 Å². The Bertz CT molecular complexity index is 580. The number of aromatic nitrogens is 2. The second-order valence-electron chi connectivity index (χ2n) is 6.32. The van der Waals surface area contributed by atoms with Gasteiger partial charge in [0.05, 0.1) is 45.7 Å². The maximum atomic E-state index is 10.2. The van der Waals surface area contributed by atoms with Gasteiger partial charge in [-0.25, -0.2) is 4.98 Å². The Hall–Kier alpha value is -1.60. The zero-order valence-corrected chi connectivity index (χ0v) is 16.0. The van der Waals surface area contributed by atoms with Crippen molar-refractivity contribution >= 4 is 5.95 Å². The number of hydrogen-bond donors (Lipinski definition) is 5. The lowest BCUT2D eigenvalue weighted by Crippen LogP contribution is -2.56. The van der Waals surface area contributed by atoms with Crippen molar-refractivity contribution in [2.24, 2.45) is 5.73 Å². The molecule has 0 spiro atoms. The van der Waals surface area contributed by atoms with Crippen molar-refractivity contribution < 1.29 is 34.3 Å². The molecule has 1 saturated heterocycles. The first-order valence-corrected chi connectivity index (χ1v) is 9.24. The first-order valence-electron chi connectivity index (χ1n) is 9.24. The molecule has 0 radical (unpaired) electrons. The van der Waals surface area contributed by atoms with Gasteiger partial charge in [0.1, 0.15) is 24.9 Å². The molecule has 160 valence electrons. The van der Waals surface area contributed by atoms with E-state index in [4.69, 9.17) is 29.8 Å². The zero-order chi connectivity index (χ0) is 20.4. The Balaban J connectivity index is 1.79. The minimum Gasteiger partial charge on any atom is -0.475 e. The highest BCUT2D eigenvalue weighted by atomic mass is 16.5. The quantitative estimate of drug-likeness (QED) is 0.247. The van der Waals surface area contributed by atoms with Crippen LogP contribution in [0.1, 0.15) is 5.69 Å². The second-order valence-corrected chi connectivity index (χ2v) is 6.32. The topological polar surface area (TPSA) is 161 Å². The first-order chi connectivity index (χ1) is 13.5. The number of nitrogens with two attached hydrogens (primary N) is 1. The Labute approximate surface area is 163 Å². The predicted octanol–water partition coefficient (Wildman–Crippen LogP) is -1.95. The summed E-state index contributed by atoms with van der Waals surface area (Å²) < 4.78 is 21.5. The number of anilines is 1. The van der Waals surface area contributed by atoms with E-state index < -0.39 is 24.4 Å². The number of nitrogens with zero attached hydrogens (tertiary/aromatic N) is 2. The van der Waals surface area contributed by atoms with Crippen molar-refractivity contribution in [3.63, 3.8) is 0 Å². The van der Waals surface area contributed by atoms with Gasteiger partial charge in [0.2, 0.25) is 11.8 Å². The van der Waals surface area contributed by atoms with E-state index in [0.29, 0.717) is 51.2 Å². The number of aryl methyl sites for hydroxylation is 1. The average Bonchev–Trinajstić information content (AvgIpc) is 2.67. The minimum absolute atomic E-state index is 0.0943. The van der Waals surface area contributed by atoms with Gasteiger partial charge in [0.25, 0.3) is 0 Å². The van der Waals surface area contributed by atoms with Crippen LogP contribution in [0.4, 0.5) is 5.95 Å². The van der Waals surface area contributed by atoms with Crippen LogP contribution < -0.4 is 15.8 Å². The largest absolute Gasteiger partial charge is 0.475 e. The van der Waals surface area contributed by atoms with Crippen LogP contribution in [0.3, 0.4) is 0 Å². The standard InChI is InChI=1S/C17H30N4O7/c1-11-8-14(27-7-6-26-5-4-25-3-2-18)21-17(19-11)20-12-10-28-13(9-22)16(24)15(12)23/h8,12-13,15-16,22-24H,2-7,9-10,18H2,1H3,(H,19,20,21)/t12-,13+,15+,16-/m0/s1. The van der Waals surface area contributed by atoms with Crippen LogP contribution in [0, 0.1) is 6.92 Å². The molecule has 1 aromatic rings. The maximum Gasteiger partial charge on any atom is 0.226 e. The van der Waals surface area contributed by atoms with Crippen molar-refractivity contribution in [3.8, 4) is 5.88 Å². The molecule has 11 nitrogen and oxygen atoms in total. The molecular weight excluding hydrogens is 372 g/mol. The molecule has 28 heavy (non-hydrogen) atoms. The van der Waals surface area contributed by atoms with Crippen LogP contribution in [0.15, 0.2) is 6.07 Å². The van der Waals surface area contributed by atoms with Gasteiger partial charge in [0.15, 0.2) is 0 Å². The summed E-state index contributed by atoms with van der Waals surface area (Å²) in [6.07, 6.45) is -3.15. The van der Waals surface area contributed by atoms with E-state index in [1.165, 1.54) is 0 Å². The fraction of sp³-hybridized carbons (Fsp3) is 0.765. The van der Waals surface area contributed by atoms with Gasteiger partial charge >= 0.3 is 0 Å². The van der Waals surface area contributed by atoms with Crippen molar-refractivity contribution in [1.82, 2.24) is 9.97 Å². The third-order valence-electron chi connectivity index (χ3n) is 4.07. The molecule has 2 rings (SSSR count). The summed E-state index contributed by atoms with van der Waals surface area (Å²) >= 11 is 0. The SMILES string of the molecule is Cc1cc(OCCOCCOCCN)nc(N[C@H]2CO[C@H](CO)[C@H](O)[C@@H]2O)n1. The molecule has 0 aliphatic carbocycles. The minimum atomic E-state index is -1.21. The average molecular weight is 402 g/mol. The summed E-state index contributed by atoms with van der Waals surface area (Å²) in [5, 5.41) is 32.2. The lowest BCUT2D eigenvalue weighted by atomic mass is 9.98. The van der Waals surface area contributed by atoms with Gasteiger partial charge < -0.3 is 45.3 Å². The summed E-state index contributed by atoms with van der Waals surface area (Å²) in [6, 6.07) is 1.06. The summed E-state index contributed by atoms with van der Waals surface area (Å²) in [5.41, 5.74) is 5.99. The zero-order valence-electron chi connectivity index (χ0n) is 16.0. The van der Waals surface area contributed by atoms with Gasteiger partial charge in [-0.3, -0.25) is 0 Å². The fourth-order valence-corrected chi connectivity index (χ4v) is 2.62. The van der Waals surface area contributed by atoms with Gasteiger partial charge in [-0.05, 0) is 6.92 Å². The molecule has 4 atom stereocenters. The fourth-order valence-electron chi connectivity index (χ4n) is 2.62. The monoisotopic (exact) mass is 402 g/mol. The number of nitrogens with one attached hydrogen (secondary N) is 1. The van der Waals surface area contributed by atoms with E-state index in [2.05, 4.69) is 15.3 Å². The van der Waals surface area contributed by atoms with Gasteiger partial charge in [-0.15, -0.1) is 0 Å². The molecular formula is C17H30N4O7. The van der Waals surface area contributed by atoms with Crippen LogP contribution in [0.25, 0.3) is 0 Å². The summed E-state index contributed by atoms with van der Waals surface area (Å²) in [5.74, 6) is 0.603. The van der Waals surface area contributed by atoms with Crippen molar-refractivity contribution in [1.29, 1.82) is 0 Å². The molecule has 2 heterocycles. The molecule has 0 bridgehead atoms. The lowest BCUT2D eigenvalue weighted by Gasteiger charge is -2.37. The van der Waals surface area contributed by atoms with Crippen molar-refractivity contribution in [3.05, 3.63) is 11.8 Å². The van der Waals surface area contributed by atoms with E-state index in [0.717, 1.165) is 0 Å². The van der Waals surface area contributed by atoms with Gasteiger partial charge in [0, 0.05) is 18.3 Å². The van der Waals surface area contributed by atoms with E-state index >= 15 is 0 Å². The first kappa shape index (κ1) is 22.7.